The smallest absolute Gasteiger partial charge is 0.168 e. The summed E-state index contributed by atoms with van der Waals surface area (Å²) in [6.45, 7) is 4.22. The summed E-state index contributed by atoms with van der Waals surface area (Å²) in [6.07, 6.45) is 5.50. The number of nitrogen functional groups attached to an aromatic ring is 1. The van der Waals surface area contributed by atoms with E-state index < -0.39 is 0 Å². The molecule has 98 valence electrons. The highest BCUT2D eigenvalue weighted by atomic mass is 15.4. The first kappa shape index (κ1) is 12.7. The van der Waals surface area contributed by atoms with Gasteiger partial charge in [0, 0.05) is 6.04 Å². The molecule has 0 atom stereocenters. The third kappa shape index (κ3) is 2.15. The van der Waals surface area contributed by atoms with Crippen LogP contribution in [0.4, 0.5) is 11.6 Å². The van der Waals surface area contributed by atoms with E-state index in [9.17, 15) is 5.26 Å². The quantitative estimate of drug-likeness (QED) is 0.838. The van der Waals surface area contributed by atoms with Gasteiger partial charge in [0.05, 0.1) is 6.04 Å². The number of nitriles is 1. The van der Waals surface area contributed by atoms with Gasteiger partial charge in [-0.1, -0.05) is 13.8 Å². The van der Waals surface area contributed by atoms with Crippen molar-refractivity contribution in [1.29, 1.82) is 5.26 Å². The Labute approximate surface area is 108 Å². The van der Waals surface area contributed by atoms with Gasteiger partial charge in [-0.15, -0.1) is 0 Å². The van der Waals surface area contributed by atoms with Crippen LogP contribution in [-0.4, -0.2) is 15.8 Å². The second-order valence-corrected chi connectivity index (χ2v) is 4.91. The van der Waals surface area contributed by atoms with Gasteiger partial charge in [0.25, 0.3) is 0 Å². The normalized spacial score (nSPS) is 15.4. The maximum absolute atomic E-state index is 9.22. The van der Waals surface area contributed by atoms with Crippen LogP contribution in [0.5, 0.6) is 0 Å². The van der Waals surface area contributed by atoms with Crippen molar-refractivity contribution in [3.8, 4) is 6.07 Å². The molecule has 0 radical (unpaired) electrons. The molecule has 1 aromatic rings. The Bertz CT molecular complexity index is 449. The Balaban J connectivity index is 2.28. The first-order chi connectivity index (χ1) is 8.71. The van der Waals surface area contributed by atoms with Gasteiger partial charge in [0.1, 0.15) is 17.5 Å². The Morgan fingerprint density at radius 1 is 1.50 bits per heavy atom. The molecule has 1 aliphatic carbocycles. The number of rotatable bonds is 5. The van der Waals surface area contributed by atoms with Crippen LogP contribution in [0, 0.1) is 11.3 Å². The molecule has 1 saturated carbocycles. The molecule has 0 unspecified atom stereocenters. The van der Waals surface area contributed by atoms with Crippen LogP contribution in [-0.2, 0) is 0 Å². The second kappa shape index (κ2) is 5.30. The van der Waals surface area contributed by atoms with Gasteiger partial charge >= 0.3 is 0 Å². The van der Waals surface area contributed by atoms with Crippen molar-refractivity contribution >= 4 is 11.6 Å². The molecule has 0 aromatic carbocycles. The Hall–Kier alpha value is -1.70. The van der Waals surface area contributed by atoms with Crippen molar-refractivity contribution in [2.45, 2.75) is 58.0 Å². The van der Waals surface area contributed by atoms with E-state index in [1.165, 1.54) is 6.42 Å². The molecule has 3 N–H and O–H groups in total. The number of aromatic nitrogens is 2. The van der Waals surface area contributed by atoms with E-state index in [1.807, 2.05) is 0 Å². The lowest BCUT2D eigenvalue weighted by atomic mass is 9.93. The number of hydrogen-bond donors (Lipinski definition) is 2. The summed E-state index contributed by atoms with van der Waals surface area (Å²) < 4.78 is 1.81. The molecule has 0 spiro atoms. The van der Waals surface area contributed by atoms with Crippen LogP contribution in [0.2, 0.25) is 0 Å². The van der Waals surface area contributed by atoms with E-state index >= 15 is 0 Å². The average molecular weight is 247 g/mol. The van der Waals surface area contributed by atoms with Crippen molar-refractivity contribution in [3.05, 3.63) is 5.56 Å². The number of hydrogen-bond acceptors (Lipinski definition) is 4. The van der Waals surface area contributed by atoms with E-state index in [-0.39, 0.29) is 6.04 Å². The molecule has 0 amide bonds. The van der Waals surface area contributed by atoms with Crippen LogP contribution >= 0.6 is 0 Å². The lowest BCUT2D eigenvalue weighted by molar-refractivity contribution is 0.427. The zero-order valence-electron chi connectivity index (χ0n) is 11.1. The highest BCUT2D eigenvalue weighted by molar-refractivity contribution is 5.64. The molecule has 0 aliphatic heterocycles. The van der Waals surface area contributed by atoms with E-state index in [4.69, 9.17) is 5.73 Å². The maximum atomic E-state index is 9.22. The SMILES string of the molecule is CCC(CC)n1nc(NC2CCC2)c(C#N)c1N. The van der Waals surface area contributed by atoms with E-state index in [1.54, 1.807) is 4.68 Å². The van der Waals surface area contributed by atoms with Gasteiger partial charge < -0.3 is 11.1 Å². The molecule has 1 fully saturated rings. The van der Waals surface area contributed by atoms with Crippen LogP contribution in [0.15, 0.2) is 0 Å². The molecular formula is C13H21N5. The third-order valence-corrected chi connectivity index (χ3v) is 3.79. The molecule has 18 heavy (non-hydrogen) atoms. The molecule has 0 saturated heterocycles. The summed E-state index contributed by atoms with van der Waals surface area (Å²) in [7, 11) is 0. The van der Waals surface area contributed by atoms with E-state index in [0.29, 0.717) is 23.2 Å². The molecule has 2 rings (SSSR count). The Morgan fingerprint density at radius 3 is 2.61 bits per heavy atom. The predicted octanol–water partition coefficient (Wildman–Crippen LogP) is 2.66. The van der Waals surface area contributed by atoms with Crippen molar-refractivity contribution < 1.29 is 0 Å². The van der Waals surface area contributed by atoms with Gasteiger partial charge in [-0.3, -0.25) is 0 Å². The first-order valence-corrected chi connectivity index (χ1v) is 6.75. The van der Waals surface area contributed by atoms with Crippen LogP contribution in [0.3, 0.4) is 0 Å². The van der Waals surface area contributed by atoms with Gasteiger partial charge in [-0.2, -0.15) is 10.4 Å². The monoisotopic (exact) mass is 247 g/mol. The zero-order valence-corrected chi connectivity index (χ0v) is 11.1. The van der Waals surface area contributed by atoms with Crippen molar-refractivity contribution in [2.24, 2.45) is 0 Å². The van der Waals surface area contributed by atoms with E-state index in [0.717, 1.165) is 25.7 Å². The molecule has 1 heterocycles. The summed E-state index contributed by atoms with van der Waals surface area (Å²) in [5.74, 6) is 1.15. The van der Waals surface area contributed by atoms with Gasteiger partial charge in [-0.05, 0) is 32.1 Å². The number of nitrogens with one attached hydrogen (secondary N) is 1. The first-order valence-electron chi connectivity index (χ1n) is 6.75. The fraction of sp³-hybridized carbons (Fsp3) is 0.692. The van der Waals surface area contributed by atoms with Gasteiger partial charge in [0.15, 0.2) is 5.82 Å². The average Bonchev–Trinajstić information content (AvgIpc) is 2.63. The molecule has 0 bridgehead atoms. The third-order valence-electron chi connectivity index (χ3n) is 3.79. The minimum atomic E-state index is 0.272. The number of nitrogens with two attached hydrogens (primary N) is 1. The van der Waals surface area contributed by atoms with Crippen molar-refractivity contribution in [2.75, 3.05) is 11.1 Å². The van der Waals surface area contributed by atoms with Gasteiger partial charge in [0.2, 0.25) is 0 Å². The lowest BCUT2D eigenvalue weighted by Gasteiger charge is -2.26. The van der Waals surface area contributed by atoms with Crippen LogP contribution in [0.1, 0.15) is 57.6 Å². The predicted molar refractivity (Wildman–Crippen MR) is 72.2 cm³/mol. The van der Waals surface area contributed by atoms with Crippen LogP contribution in [0.25, 0.3) is 0 Å². The topological polar surface area (TPSA) is 79.7 Å². The number of anilines is 2. The van der Waals surface area contributed by atoms with Gasteiger partial charge in [-0.25, -0.2) is 4.68 Å². The molecule has 1 aliphatic rings. The second-order valence-electron chi connectivity index (χ2n) is 4.91. The minimum absolute atomic E-state index is 0.272. The van der Waals surface area contributed by atoms with E-state index in [2.05, 4.69) is 30.3 Å². The van der Waals surface area contributed by atoms with Crippen molar-refractivity contribution in [1.82, 2.24) is 9.78 Å². The largest absolute Gasteiger partial charge is 0.383 e. The van der Waals surface area contributed by atoms with Crippen molar-refractivity contribution in [3.63, 3.8) is 0 Å². The molecule has 5 nitrogen and oxygen atoms in total. The standard InChI is InChI=1S/C13H21N5/c1-3-10(4-2)18-12(15)11(8-14)13(17-18)16-9-6-5-7-9/h9-10H,3-7,15H2,1-2H3,(H,16,17). The fourth-order valence-electron chi connectivity index (χ4n) is 2.32. The molecule has 5 heteroatoms. The highest BCUT2D eigenvalue weighted by Crippen LogP contribution is 2.30. The summed E-state index contributed by atoms with van der Waals surface area (Å²) >= 11 is 0. The molecular weight excluding hydrogens is 226 g/mol. The lowest BCUT2D eigenvalue weighted by Crippen LogP contribution is -2.27. The minimum Gasteiger partial charge on any atom is -0.383 e. The molecule has 1 aromatic heterocycles. The number of nitrogens with zero attached hydrogens (tertiary/aromatic N) is 3. The summed E-state index contributed by atoms with van der Waals surface area (Å²) in [5, 5.41) is 17.1. The Kier molecular flexibility index (Phi) is 3.75. The van der Waals surface area contributed by atoms with Crippen LogP contribution < -0.4 is 11.1 Å². The summed E-state index contributed by atoms with van der Waals surface area (Å²) in [4.78, 5) is 0. The summed E-state index contributed by atoms with van der Waals surface area (Å²) in [6, 6.07) is 2.90. The maximum Gasteiger partial charge on any atom is 0.168 e. The zero-order chi connectivity index (χ0) is 13.1. The summed E-state index contributed by atoms with van der Waals surface area (Å²) in [5.41, 5.74) is 6.53. The Morgan fingerprint density at radius 2 is 2.17 bits per heavy atom. The highest BCUT2D eigenvalue weighted by Gasteiger charge is 2.24. The fourth-order valence-corrected chi connectivity index (χ4v) is 2.32.